The number of rotatable bonds is 5. The Labute approximate surface area is 129 Å². The van der Waals surface area contributed by atoms with Crippen LogP contribution in [0.1, 0.15) is 10.9 Å². The Bertz CT molecular complexity index is 515. The average Bonchev–Trinajstić information content (AvgIpc) is 2.79. The molecule has 1 nitrogen and oxygen atoms in total. The molecule has 2 rings (SSSR count). The predicted molar refractivity (Wildman–Crippen MR) is 86.0 cm³/mol. The summed E-state index contributed by atoms with van der Waals surface area (Å²) in [5, 5.41) is 3.34. The van der Waals surface area contributed by atoms with Gasteiger partial charge in [-0.3, -0.25) is 0 Å². The van der Waals surface area contributed by atoms with Gasteiger partial charge >= 0.3 is 0 Å². The Kier molecular flexibility index (Phi) is 5.57. The minimum atomic E-state index is 0.333. The van der Waals surface area contributed by atoms with E-state index in [2.05, 4.69) is 45.5 Å². The van der Waals surface area contributed by atoms with Gasteiger partial charge in [0.25, 0.3) is 0 Å². The molecule has 1 unspecified atom stereocenters. The Morgan fingerprint density at radius 1 is 1.33 bits per heavy atom. The Balaban J connectivity index is 2.02. The molecule has 0 fully saturated rings. The summed E-state index contributed by atoms with van der Waals surface area (Å²) in [7, 11) is 1.99. The highest BCUT2D eigenvalue weighted by Crippen LogP contribution is 2.33. The lowest BCUT2D eigenvalue weighted by Gasteiger charge is -2.14. The second kappa shape index (κ2) is 6.96. The van der Waals surface area contributed by atoms with Crippen molar-refractivity contribution in [3.05, 3.63) is 50.1 Å². The molecule has 1 atom stereocenters. The van der Waals surface area contributed by atoms with Crippen LogP contribution >= 0.6 is 50.6 Å². The van der Waals surface area contributed by atoms with E-state index in [-0.39, 0.29) is 0 Å². The van der Waals surface area contributed by atoms with Crippen molar-refractivity contribution in [2.75, 3.05) is 12.8 Å². The van der Waals surface area contributed by atoms with Crippen molar-refractivity contribution in [3.8, 4) is 0 Å². The van der Waals surface area contributed by atoms with E-state index >= 15 is 0 Å². The zero-order valence-electron chi connectivity index (χ0n) is 9.82. The molecule has 0 saturated carbocycles. The maximum absolute atomic E-state index is 5.98. The van der Waals surface area contributed by atoms with Crippen LogP contribution in [0.4, 0.5) is 0 Å². The molecule has 0 spiro atoms. The van der Waals surface area contributed by atoms with Gasteiger partial charge in [-0.1, -0.05) is 23.7 Å². The smallest absolute Gasteiger partial charge is 0.0931 e. The van der Waals surface area contributed by atoms with E-state index in [9.17, 15) is 0 Å². The zero-order valence-corrected chi connectivity index (χ0v) is 13.8. The topological polar surface area (TPSA) is 12.0 Å². The molecule has 1 N–H and O–H groups in total. The van der Waals surface area contributed by atoms with Crippen molar-refractivity contribution >= 4 is 50.6 Å². The molecule has 0 radical (unpaired) electrons. The van der Waals surface area contributed by atoms with Gasteiger partial charge in [-0.15, -0.1) is 23.1 Å². The van der Waals surface area contributed by atoms with Gasteiger partial charge in [-0.25, -0.2) is 0 Å². The molecule has 0 bridgehead atoms. The summed E-state index contributed by atoms with van der Waals surface area (Å²) >= 11 is 13.0. The van der Waals surface area contributed by atoms with Crippen LogP contribution in [0.2, 0.25) is 4.34 Å². The van der Waals surface area contributed by atoms with Crippen molar-refractivity contribution < 1.29 is 0 Å². The summed E-state index contributed by atoms with van der Waals surface area (Å²) in [6.45, 7) is 0. The van der Waals surface area contributed by atoms with Gasteiger partial charge in [0, 0.05) is 20.0 Å². The standard InChI is InChI=1S/C13H13BrClNS2/c1-16-10(12-6-7-13(15)18-12)8-17-11-5-3-2-4-9(11)14/h2-7,10,16H,8H2,1H3. The van der Waals surface area contributed by atoms with Crippen molar-refractivity contribution in [3.63, 3.8) is 0 Å². The molecule has 96 valence electrons. The number of hydrogen-bond donors (Lipinski definition) is 1. The van der Waals surface area contributed by atoms with E-state index in [1.807, 2.05) is 30.9 Å². The molecular weight excluding hydrogens is 350 g/mol. The van der Waals surface area contributed by atoms with Crippen molar-refractivity contribution in [1.82, 2.24) is 5.32 Å². The minimum Gasteiger partial charge on any atom is -0.312 e. The number of hydrogen-bond acceptors (Lipinski definition) is 3. The lowest BCUT2D eigenvalue weighted by Crippen LogP contribution is -2.17. The normalized spacial score (nSPS) is 12.6. The fourth-order valence-corrected chi connectivity index (χ4v) is 4.54. The fourth-order valence-electron chi connectivity index (χ4n) is 1.56. The van der Waals surface area contributed by atoms with E-state index in [4.69, 9.17) is 11.6 Å². The molecule has 0 aliphatic heterocycles. The molecule has 1 heterocycles. The van der Waals surface area contributed by atoms with Crippen LogP contribution in [-0.2, 0) is 0 Å². The quantitative estimate of drug-likeness (QED) is 0.732. The van der Waals surface area contributed by atoms with Crippen LogP contribution in [-0.4, -0.2) is 12.8 Å². The van der Waals surface area contributed by atoms with E-state index in [1.165, 1.54) is 9.77 Å². The third kappa shape index (κ3) is 3.75. The van der Waals surface area contributed by atoms with E-state index in [0.29, 0.717) is 6.04 Å². The maximum atomic E-state index is 5.98. The molecule has 0 aliphatic rings. The highest BCUT2D eigenvalue weighted by molar-refractivity contribution is 9.10. The van der Waals surface area contributed by atoms with Crippen molar-refractivity contribution in [2.24, 2.45) is 0 Å². The van der Waals surface area contributed by atoms with E-state index in [0.717, 1.165) is 14.6 Å². The number of nitrogens with one attached hydrogen (secondary N) is 1. The predicted octanol–water partition coefficient (Wildman–Crippen LogP) is 5.22. The zero-order chi connectivity index (χ0) is 13.0. The van der Waals surface area contributed by atoms with Crippen LogP contribution in [0.5, 0.6) is 0 Å². The Hall–Kier alpha value is -0.0000000000000000278. The third-order valence-electron chi connectivity index (χ3n) is 2.53. The van der Waals surface area contributed by atoms with Gasteiger partial charge in [-0.2, -0.15) is 0 Å². The van der Waals surface area contributed by atoms with Gasteiger partial charge in [0.15, 0.2) is 0 Å². The van der Waals surface area contributed by atoms with Crippen molar-refractivity contribution in [2.45, 2.75) is 10.9 Å². The Morgan fingerprint density at radius 3 is 2.72 bits per heavy atom. The second-order valence-electron chi connectivity index (χ2n) is 3.72. The molecular formula is C13H13BrClNS2. The average molecular weight is 363 g/mol. The van der Waals surface area contributed by atoms with Crippen LogP contribution < -0.4 is 5.32 Å². The SMILES string of the molecule is CNC(CSc1ccccc1Br)c1ccc(Cl)s1. The van der Waals surface area contributed by atoms with Gasteiger partial charge in [0.05, 0.1) is 10.4 Å². The first-order valence-corrected chi connectivity index (χ1v) is 8.48. The molecule has 1 aromatic carbocycles. The van der Waals surface area contributed by atoms with Crippen LogP contribution in [0.25, 0.3) is 0 Å². The second-order valence-corrected chi connectivity index (χ2v) is 7.39. The summed E-state index contributed by atoms with van der Waals surface area (Å²) < 4.78 is 1.99. The van der Waals surface area contributed by atoms with Crippen LogP contribution in [0.15, 0.2) is 45.8 Å². The first kappa shape index (κ1) is 14.4. The lowest BCUT2D eigenvalue weighted by molar-refractivity contribution is 0.673. The molecule has 18 heavy (non-hydrogen) atoms. The first-order chi connectivity index (χ1) is 8.70. The minimum absolute atomic E-state index is 0.333. The van der Waals surface area contributed by atoms with E-state index < -0.39 is 0 Å². The largest absolute Gasteiger partial charge is 0.312 e. The fraction of sp³-hybridized carbons (Fsp3) is 0.231. The number of thiophene rings is 1. The summed E-state index contributed by atoms with van der Waals surface area (Å²) in [6.07, 6.45) is 0. The summed E-state index contributed by atoms with van der Waals surface area (Å²) in [5.41, 5.74) is 0. The first-order valence-electron chi connectivity index (χ1n) is 5.50. The van der Waals surface area contributed by atoms with Crippen LogP contribution in [0.3, 0.4) is 0 Å². The number of halogens is 2. The van der Waals surface area contributed by atoms with Crippen LogP contribution in [0, 0.1) is 0 Å². The molecule has 0 amide bonds. The lowest BCUT2D eigenvalue weighted by atomic mass is 10.3. The third-order valence-corrected chi connectivity index (χ3v) is 5.99. The summed E-state index contributed by atoms with van der Waals surface area (Å²) in [4.78, 5) is 2.54. The van der Waals surface area contributed by atoms with E-state index in [1.54, 1.807) is 11.3 Å². The molecule has 1 aromatic heterocycles. The summed E-state index contributed by atoms with van der Waals surface area (Å²) in [6, 6.07) is 12.7. The summed E-state index contributed by atoms with van der Waals surface area (Å²) in [5.74, 6) is 0.982. The molecule has 5 heteroatoms. The highest BCUT2D eigenvalue weighted by Gasteiger charge is 2.12. The van der Waals surface area contributed by atoms with Gasteiger partial charge < -0.3 is 5.32 Å². The number of benzene rings is 1. The Morgan fingerprint density at radius 2 is 2.11 bits per heavy atom. The molecule has 0 aliphatic carbocycles. The van der Waals surface area contributed by atoms with Gasteiger partial charge in [0.1, 0.15) is 0 Å². The van der Waals surface area contributed by atoms with Gasteiger partial charge in [0.2, 0.25) is 0 Å². The van der Waals surface area contributed by atoms with Gasteiger partial charge in [-0.05, 0) is 47.2 Å². The maximum Gasteiger partial charge on any atom is 0.0931 e. The number of thioether (sulfide) groups is 1. The monoisotopic (exact) mass is 361 g/mol. The molecule has 0 saturated heterocycles. The highest BCUT2D eigenvalue weighted by atomic mass is 79.9. The van der Waals surface area contributed by atoms with Crippen molar-refractivity contribution in [1.29, 1.82) is 0 Å². The molecule has 2 aromatic rings.